The van der Waals surface area contributed by atoms with E-state index in [9.17, 15) is 0 Å². The van der Waals surface area contributed by atoms with Crippen LogP contribution in [0.25, 0.3) is 10.6 Å². The van der Waals surface area contributed by atoms with E-state index in [0.717, 1.165) is 29.5 Å². The molecule has 0 aliphatic rings. The van der Waals surface area contributed by atoms with Crippen LogP contribution in [0.1, 0.15) is 29.5 Å². The van der Waals surface area contributed by atoms with Crippen LogP contribution < -0.4 is 5.32 Å². The number of hydrogen-bond donors (Lipinski definition) is 1. The van der Waals surface area contributed by atoms with Crippen molar-refractivity contribution in [3.63, 3.8) is 0 Å². The normalized spacial score (nSPS) is 10.9. The number of aryl methyl sites for hydroxylation is 2. The molecule has 102 valence electrons. The minimum atomic E-state index is 0.961. The number of rotatable bonds is 6. The van der Waals surface area contributed by atoms with Gasteiger partial charge in [-0.05, 0) is 38.9 Å². The molecule has 3 nitrogen and oxygen atoms in total. The van der Waals surface area contributed by atoms with Gasteiger partial charge in [0.2, 0.25) is 0 Å². The summed E-state index contributed by atoms with van der Waals surface area (Å²) in [5.74, 6) is 0. The Balaban J connectivity index is 2.03. The minimum absolute atomic E-state index is 0.961. The summed E-state index contributed by atoms with van der Waals surface area (Å²) in [5.41, 5.74) is 3.73. The van der Waals surface area contributed by atoms with Crippen molar-refractivity contribution in [3.8, 4) is 10.6 Å². The predicted octanol–water partition coefficient (Wildman–Crippen LogP) is 3.36. The van der Waals surface area contributed by atoms with E-state index in [1.54, 1.807) is 11.3 Å². The summed E-state index contributed by atoms with van der Waals surface area (Å²) in [6, 6.07) is 6.53. The van der Waals surface area contributed by atoms with E-state index < -0.39 is 0 Å². The molecule has 0 spiro atoms. The largest absolute Gasteiger partial charge is 0.316 e. The average Bonchev–Trinajstić information content (AvgIpc) is 2.82. The summed E-state index contributed by atoms with van der Waals surface area (Å²) in [5, 5.41) is 14.1. The molecule has 0 amide bonds. The Kier molecular flexibility index (Phi) is 5.05. The summed E-state index contributed by atoms with van der Waals surface area (Å²) in [7, 11) is 0. The number of nitrogens with zero attached hydrogens (tertiary/aromatic N) is 2. The molecular weight excluding hydrogens is 254 g/mol. The maximum atomic E-state index is 4.31. The highest BCUT2D eigenvalue weighted by Gasteiger charge is 2.07. The number of benzene rings is 1. The van der Waals surface area contributed by atoms with Gasteiger partial charge in [-0.3, -0.25) is 0 Å². The van der Waals surface area contributed by atoms with Crippen molar-refractivity contribution in [2.45, 2.75) is 33.6 Å². The van der Waals surface area contributed by atoms with Gasteiger partial charge in [0, 0.05) is 18.5 Å². The molecule has 1 aromatic heterocycles. The van der Waals surface area contributed by atoms with Gasteiger partial charge >= 0.3 is 0 Å². The second-order valence-electron chi connectivity index (χ2n) is 4.88. The Labute approximate surface area is 119 Å². The molecule has 4 heteroatoms. The third-order valence-electron chi connectivity index (χ3n) is 2.88. The molecule has 0 fully saturated rings. The molecule has 0 unspecified atom stereocenters. The zero-order valence-electron chi connectivity index (χ0n) is 11.9. The van der Waals surface area contributed by atoms with E-state index in [2.05, 4.69) is 54.5 Å². The molecule has 0 aliphatic heterocycles. The standard InChI is InChI=1S/C15H21N3S/c1-4-6-16-7-5-14-17-18-15(19-14)13-9-11(2)8-12(3)10-13/h8-10,16H,4-7H2,1-3H3. The molecule has 2 aromatic rings. The zero-order chi connectivity index (χ0) is 13.7. The van der Waals surface area contributed by atoms with Crippen LogP contribution in [0, 0.1) is 13.8 Å². The van der Waals surface area contributed by atoms with Gasteiger partial charge in [-0.1, -0.05) is 35.5 Å². The highest BCUT2D eigenvalue weighted by Crippen LogP contribution is 2.25. The Hall–Kier alpha value is -1.26. The third-order valence-corrected chi connectivity index (χ3v) is 3.91. The Morgan fingerprint density at radius 3 is 2.47 bits per heavy atom. The summed E-state index contributed by atoms with van der Waals surface area (Å²) in [6.07, 6.45) is 2.13. The Morgan fingerprint density at radius 2 is 1.79 bits per heavy atom. The molecule has 0 atom stereocenters. The monoisotopic (exact) mass is 275 g/mol. The maximum Gasteiger partial charge on any atom is 0.147 e. The lowest BCUT2D eigenvalue weighted by molar-refractivity contribution is 0.668. The molecule has 0 radical (unpaired) electrons. The van der Waals surface area contributed by atoms with Crippen LogP contribution in [-0.4, -0.2) is 23.3 Å². The van der Waals surface area contributed by atoms with Gasteiger partial charge in [-0.15, -0.1) is 10.2 Å². The van der Waals surface area contributed by atoms with Crippen LogP contribution in [0.5, 0.6) is 0 Å². The fraction of sp³-hybridized carbons (Fsp3) is 0.467. The van der Waals surface area contributed by atoms with Crippen molar-refractivity contribution in [2.75, 3.05) is 13.1 Å². The smallest absolute Gasteiger partial charge is 0.147 e. The molecule has 0 saturated heterocycles. The SMILES string of the molecule is CCCNCCc1nnc(-c2cc(C)cc(C)c2)s1. The van der Waals surface area contributed by atoms with Crippen molar-refractivity contribution >= 4 is 11.3 Å². The maximum absolute atomic E-state index is 4.31. The van der Waals surface area contributed by atoms with Crippen LogP contribution in [-0.2, 0) is 6.42 Å². The second-order valence-corrected chi connectivity index (χ2v) is 5.94. The van der Waals surface area contributed by atoms with E-state index in [1.807, 2.05) is 0 Å². The van der Waals surface area contributed by atoms with E-state index in [0.29, 0.717) is 0 Å². The van der Waals surface area contributed by atoms with Crippen LogP contribution in [0.2, 0.25) is 0 Å². The van der Waals surface area contributed by atoms with Crippen LogP contribution in [0.3, 0.4) is 0 Å². The van der Waals surface area contributed by atoms with E-state index >= 15 is 0 Å². The summed E-state index contributed by atoms with van der Waals surface area (Å²) < 4.78 is 0. The number of hydrogen-bond acceptors (Lipinski definition) is 4. The third kappa shape index (κ3) is 4.11. The van der Waals surface area contributed by atoms with Crippen molar-refractivity contribution in [1.82, 2.24) is 15.5 Å². The van der Waals surface area contributed by atoms with Crippen molar-refractivity contribution < 1.29 is 0 Å². The molecule has 2 rings (SSSR count). The first-order chi connectivity index (χ1) is 9.19. The highest BCUT2D eigenvalue weighted by molar-refractivity contribution is 7.14. The zero-order valence-corrected chi connectivity index (χ0v) is 12.7. The average molecular weight is 275 g/mol. The fourth-order valence-corrected chi connectivity index (χ4v) is 2.89. The van der Waals surface area contributed by atoms with Crippen molar-refractivity contribution in [1.29, 1.82) is 0 Å². The number of nitrogens with one attached hydrogen (secondary N) is 1. The van der Waals surface area contributed by atoms with Crippen LogP contribution in [0.4, 0.5) is 0 Å². The minimum Gasteiger partial charge on any atom is -0.316 e. The van der Waals surface area contributed by atoms with Gasteiger partial charge in [-0.25, -0.2) is 0 Å². The highest BCUT2D eigenvalue weighted by atomic mass is 32.1. The molecule has 1 aromatic carbocycles. The van der Waals surface area contributed by atoms with Gasteiger partial charge in [-0.2, -0.15) is 0 Å². The quantitative estimate of drug-likeness (QED) is 0.821. The van der Waals surface area contributed by atoms with Gasteiger partial charge in [0.15, 0.2) is 0 Å². The molecule has 19 heavy (non-hydrogen) atoms. The van der Waals surface area contributed by atoms with Crippen molar-refractivity contribution in [2.24, 2.45) is 0 Å². The molecule has 0 aliphatic carbocycles. The van der Waals surface area contributed by atoms with Crippen LogP contribution in [0.15, 0.2) is 18.2 Å². The van der Waals surface area contributed by atoms with Gasteiger partial charge in [0.1, 0.15) is 10.0 Å². The predicted molar refractivity (Wildman–Crippen MR) is 81.7 cm³/mol. The molecular formula is C15H21N3S. The summed E-state index contributed by atoms with van der Waals surface area (Å²) >= 11 is 1.70. The Bertz CT molecular complexity index is 514. The van der Waals surface area contributed by atoms with Gasteiger partial charge in [0.25, 0.3) is 0 Å². The number of aromatic nitrogens is 2. The lowest BCUT2D eigenvalue weighted by atomic mass is 10.1. The second kappa shape index (κ2) is 6.78. The lowest BCUT2D eigenvalue weighted by Crippen LogP contribution is -2.17. The molecule has 0 saturated carbocycles. The van der Waals surface area contributed by atoms with Gasteiger partial charge < -0.3 is 5.32 Å². The topological polar surface area (TPSA) is 37.8 Å². The van der Waals surface area contributed by atoms with E-state index in [4.69, 9.17) is 0 Å². The van der Waals surface area contributed by atoms with E-state index in [-0.39, 0.29) is 0 Å². The fourth-order valence-electron chi connectivity index (χ4n) is 2.07. The van der Waals surface area contributed by atoms with Crippen molar-refractivity contribution in [3.05, 3.63) is 34.3 Å². The van der Waals surface area contributed by atoms with Crippen LogP contribution >= 0.6 is 11.3 Å². The Morgan fingerprint density at radius 1 is 1.05 bits per heavy atom. The molecule has 1 heterocycles. The summed E-state index contributed by atoms with van der Waals surface area (Å²) in [4.78, 5) is 0. The first kappa shape index (κ1) is 14.2. The summed E-state index contributed by atoms with van der Waals surface area (Å²) in [6.45, 7) is 8.47. The molecule has 0 bridgehead atoms. The van der Waals surface area contributed by atoms with Gasteiger partial charge in [0.05, 0.1) is 0 Å². The lowest BCUT2D eigenvalue weighted by Gasteiger charge is -2.00. The first-order valence-electron chi connectivity index (χ1n) is 6.81. The first-order valence-corrected chi connectivity index (χ1v) is 7.62. The molecule has 1 N–H and O–H groups in total. The van der Waals surface area contributed by atoms with E-state index in [1.165, 1.54) is 23.1 Å².